The predicted octanol–water partition coefficient (Wildman–Crippen LogP) is 3.59. The van der Waals surface area contributed by atoms with Crippen LogP contribution in [0.1, 0.15) is 30.3 Å². The molecule has 2 rings (SSSR count). The van der Waals surface area contributed by atoms with Crippen molar-refractivity contribution in [2.45, 2.75) is 19.8 Å². The van der Waals surface area contributed by atoms with Gasteiger partial charge in [-0.1, -0.05) is 31.5 Å². The van der Waals surface area contributed by atoms with Gasteiger partial charge in [-0.3, -0.25) is 4.79 Å². The van der Waals surface area contributed by atoms with Gasteiger partial charge >= 0.3 is 0 Å². The summed E-state index contributed by atoms with van der Waals surface area (Å²) < 4.78 is 0. The van der Waals surface area contributed by atoms with Crippen molar-refractivity contribution in [1.82, 2.24) is 4.98 Å². The number of carbonyl (C=O) groups is 1. The van der Waals surface area contributed by atoms with E-state index in [-0.39, 0.29) is 5.91 Å². The third-order valence-electron chi connectivity index (χ3n) is 2.70. The molecule has 1 amide bonds. The number of rotatable bonds is 5. The van der Waals surface area contributed by atoms with E-state index in [1.807, 2.05) is 30.3 Å². The minimum Gasteiger partial charge on any atom is -0.307 e. The van der Waals surface area contributed by atoms with E-state index in [2.05, 4.69) is 11.9 Å². The first-order valence-electron chi connectivity index (χ1n) is 6.08. The zero-order chi connectivity index (χ0) is 12.8. The molecule has 0 saturated carbocycles. The largest absolute Gasteiger partial charge is 0.307 e. The third kappa shape index (κ3) is 2.96. The number of carbonyl (C=O) groups excluding carboxylic acids is 1. The van der Waals surface area contributed by atoms with Crippen molar-refractivity contribution in [2.75, 3.05) is 11.4 Å². The average Bonchev–Trinajstić information content (AvgIpc) is 2.94. The lowest BCUT2D eigenvalue weighted by molar-refractivity contribution is 0.0982. The number of amides is 1. The Morgan fingerprint density at radius 2 is 2.11 bits per heavy atom. The Bertz CT molecular complexity index is 482. The van der Waals surface area contributed by atoms with Crippen molar-refractivity contribution < 1.29 is 4.79 Å². The van der Waals surface area contributed by atoms with E-state index in [4.69, 9.17) is 0 Å². The summed E-state index contributed by atoms with van der Waals surface area (Å²) in [4.78, 5) is 18.3. The number of hydrogen-bond donors (Lipinski definition) is 0. The van der Waals surface area contributed by atoms with E-state index in [1.54, 1.807) is 15.8 Å². The molecule has 4 heteroatoms. The molecule has 0 atom stereocenters. The van der Waals surface area contributed by atoms with Gasteiger partial charge in [-0.25, -0.2) is 4.98 Å². The molecule has 0 unspecified atom stereocenters. The van der Waals surface area contributed by atoms with Crippen molar-refractivity contribution in [3.8, 4) is 0 Å². The van der Waals surface area contributed by atoms with E-state index in [1.165, 1.54) is 11.3 Å². The maximum Gasteiger partial charge on any atom is 0.277 e. The van der Waals surface area contributed by atoms with Gasteiger partial charge in [0.1, 0.15) is 5.69 Å². The molecule has 1 heterocycles. The topological polar surface area (TPSA) is 33.2 Å². The number of para-hydroxylation sites is 1. The van der Waals surface area contributed by atoms with Crippen LogP contribution in [0.2, 0.25) is 0 Å². The fraction of sp³-hybridized carbons (Fsp3) is 0.286. The second-order valence-electron chi connectivity index (χ2n) is 4.02. The van der Waals surface area contributed by atoms with Crippen molar-refractivity contribution in [3.05, 3.63) is 46.9 Å². The van der Waals surface area contributed by atoms with Gasteiger partial charge in [-0.2, -0.15) is 0 Å². The Morgan fingerprint density at radius 1 is 1.33 bits per heavy atom. The molecule has 94 valence electrons. The highest BCUT2D eigenvalue weighted by Crippen LogP contribution is 2.17. The molecule has 18 heavy (non-hydrogen) atoms. The Kier molecular flexibility index (Phi) is 4.47. The second kappa shape index (κ2) is 6.31. The average molecular weight is 260 g/mol. The van der Waals surface area contributed by atoms with Crippen LogP contribution in [0.3, 0.4) is 0 Å². The molecule has 0 aliphatic carbocycles. The van der Waals surface area contributed by atoms with Crippen LogP contribution < -0.4 is 4.90 Å². The van der Waals surface area contributed by atoms with Crippen molar-refractivity contribution in [2.24, 2.45) is 0 Å². The van der Waals surface area contributed by atoms with Gasteiger partial charge in [0.2, 0.25) is 0 Å². The summed E-state index contributed by atoms with van der Waals surface area (Å²) in [5.41, 5.74) is 3.15. The molecule has 3 nitrogen and oxygen atoms in total. The van der Waals surface area contributed by atoms with E-state index in [9.17, 15) is 4.79 Å². The molecular formula is C14H16N2OS. The van der Waals surface area contributed by atoms with Crippen LogP contribution >= 0.6 is 11.3 Å². The zero-order valence-corrected chi connectivity index (χ0v) is 11.2. The predicted molar refractivity (Wildman–Crippen MR) is 75.1 cm³/mol. The molecule has 0 aliphatic heterocycles. The van der Waals surface area contributed by atoms with Crippen LogP contribution in [0.4, 0.5) is 5.69 Å². The van der Waals surface area contributed by atoms with Gasteiger partial charge in [0.25, 0.3) is 5.91 Å². The van der Waals surface area contributed by atoms with Crippen LogP contribution in [0, 0.1) is 0 Å². The first kappa shape index (κ1) is 12.8. The molecule has 0 bridgehead atoms. The number of aromatic nitrogens is 1. The third-order valence-corrected chi connectivity index (χ3v) is 3.29. The van der Waals surface area contributed by atoms with Gasteiger partial charge < -0.3 is 4.90 Å². The van der Waals surface area contributed by atoms with E-state index in [0.717, 1.165) is 25.1 Å². The minimum absolute atomic E-state index is 0.0177. The van der Waals surface area contributed by atoms with Gasteiger partial charge in [0, 0.05) is 17.6 Å². The van der Waals surface area contributed by atoms with E-state index < -0.39 is 0 Å². The van der Waals surface area contributed by atoms with Gasteiger partial charge in [0.15, 0.2) is 0 Å². The standard InChI is InChI=1S/C14H16N2OS/c1-2-3-9-16(12-7-5-4-6-8-12)14(17)13-10-18-11-15-13/h4-8,10-11H,2-3,9H2,1H3. The van der Waals surface area contributed by atoms with Crippen LogP contribution in [0.15, 0.2) is 41.2 Å². The molecule has 0 saturated heterocycles. The highest BCUT2D eigenvalue weighted by molar-refractivity contribution is 7.07. The number of nitrogens with zero attached hydrogens (tertiary/aromatic N) is 2. The maximum absolute atomic E-state index is 12.4. The lowest BCUT2D eigenvalue weighted by atomic mass is 10.2. The molecule has 2 aromatic rings. The number of anilines is 1. The number of thiazole rings is 1. The SMILES string of the molecule is CCCCN(C(=O)c1cscn1)c1ccccc1. The van der Waals surface area contributed by atoms with Gasteiger partial charge in [0.05, 0.1) is 5.51 Å². The van der Waals surface area contributed by atoms with E-state index in [0.29, 0.717) is 5.69 Å². The monoisotopic (exact) mass is 260 g/mol. The Hall–Kier alpha value is -1.68. The lowest BCUT2D eigenvalue weighted by Gasteiger charge is -2.21. The lowest BCUT2D eigenvalue weighted by Crippen LogP contribution is -2.32. The highest BCUT2D eigenvalue weighted by atomic mass is 32.1. The van der Waals surface area contributed by atoms with Crippen molar-refractivity contribution >= 4 is 22.9 Å². The zero-order valence-electron chi connectivity index (χ0n) is 10.4. The fourth-order valence-electron chi connectivity index (χ4n) is 1.73. The molecule has 0 N–H and O–H groups in total. The molecule has 0 fully saturated rings. The van der Waals surface area contributed by atoms with E-state index >= 15 is 0 Å². The smallest absolute Gasteiger partial charge is 0.277 e. The van der Waals surface area contributed by atoms with Crippen LogP contribution in [-0.2, 0) is 0 Å². The summed E-state index contributed by atoms with van der Waals surface area (Å²) in [6.07, 6.45) is 2.05. The van der Waals surface area contributed by atoms with Gasteiger partial charge in [-0.05, 0) is 18.6 Å². The molecule has 0 spiro atoms. The summed E-state index contributed by atoms with van der Waals surface area (Å²) in [6.45, 7) is 2.85. The van der Waals surface area contributed by atoms with Crippen LogP contribution in [0.5, 0.6) is 0 Å². The van der Waals surface area contributed by atoms with Gasteiger partial charge in [-0.15, -0.1) is 11.3 Å². The Morgan fingerprint density at radius 3 is 2.72 bits per heavy atom. The number of benzene rings is 1. The Balaban J connectivity index is 2.23. The normalized spacial score (nSPS) is 10.3. The highest BCUT2D eigenvalue weighted by Gasteiger charge is 2.18. The number of hydrogen-bond acceptors (Lipinski definition) is 3. The summed E-state index contributed by atoms with van der Waals surface area (Å²) >= 11 is 1.45. The first-order chi connectivity index (χ1) is 8.83. The van der Waals surface area contributed by atoms with Crippen LogP contribution in [0.25, 0.3) is 0 Å². The minimum atomic E-state index is -0.0177. The summed E-state index contributed by atoms with van der Waals surface area (Å²) in [5.74, 6) is -0.0177. The summed E-state index contributed by atoms with van der Waals surface area (Å²) in [5, 5.41) is 1.80. The number of unbranched alkanes of at least 4 members (excludes halogenated alkanes) is 1. The quantitative estimate of drug-likeness (QED) is 0.823. The fourth-order valence-corrected chi connectivity index (χ4v) is 2.25. The molecule has 1 aromatic carbocycles. The summed E-state index contributed by atoms with van der Waals surface area (Å²) in [7, 11) is 0. The first-order valence-corrected chi connectivity index (χ1v) is 7.02. The second-order valence-corrected chi connectivity index (χ2v) is 4.74. The molecular weight excluding hydrogens is 244 g/mol. The molecule has 0 radical (unpaired) electrons. The van der Waals surface area contributed by atoms with Crippen molar-refractivity contribution in [3.63, 3.8) is 0 Å². The summed E-state index contributed by atoms with van der Waals surface area (Å²) in [6, 6.07) is 9.76. The Labute approximate surface area is 111 Å². The maximum atomic E-state index is 12.4. The van der Waals surface area contributed by atoms with Crippen LogP contribution in [-0.4, -0.2) is 17.4 Å². The van der Waals surface area contributed by atoms with Crippen molar-refractivity contribution in [1.29, 1.82) is 0 Å². The molecule has 1 aromatic heterocycles. The molecule has 0 aliphatic rings.